The Labute approximate surface area is 204 Å². The average molecular weight is 475 g/mol. The van der Waals surface area contributed by atoms with Gasteiger partial charge in [0.25, 0.3) is 5.91 Å². The molecule has 2 aliphatic heterocycles. The molecule has 0 spiro atoms. The van der Waals surface area contributed by atoms with Crippen molar-refractivity contribution >= 4 is 11.8 Å². The highest BCUT2D eigenvalue weighted by Gasteiger charge is 2.32. The molecule has 182 valence electrons. The van der Waals surface area contributed by atoms with Gasteiger partial charge in [0.2, 0.25) is 5.91 Å². The van der Waals surface area contributed by atoms with E-state index in [2.05, 4.69) is 22.4 Å². The molecule has 1 atom stereocenters. The third kappa shape index (κ3) is 5.07. The molecule has 1 fully saturated rings. The third-order valence-corrected chi connectivity index (χ3v) is 6.88. The monoisotopic (exact) mass is 474 g/mol. The van der Waals surface area contributed by atoms with Gasteiger partial charge in [-0.15, -0.1) is 0 Å². The van der Waals surface area contributed by atoms with Crippen molar-refractivity contribution < 1.29 is 19.1 Å². The molecular weight excluding hydrogens is 444 g/mol. The smallest absolute Gasteiger partial charge is 0.274 e. The number of aromatic nitrogens is 2. The quantitative estimate of drug-likeness (QED) is 0.592. The Morgan fingerprint density at radius 1 is 1.09 bits per heavy atom. The van der Waals surface area contributed by atoms with E-state index in [-0.39, 0.29) is 23.8 Å². The standard InChI is InChI=1S/C27H30N4O4/c1-34-22-9-7-19(8-10-22)15-28-26(32)21-11-13-30(14-12-21)27(33)25-23-17-35-24(16-31(23)18-29-25)20-5-3-2-4-6-20/h2-10,18,21,24H,11-17H2,1H3,(H,28,32)/t24-/m0/s1. The molecule has 0 saturated carbocycles. The topological polar surface area (TPSA) is 85.7 Å². The predicted molar refractivity (Wildman–Crippen MR) is 130 cm³/mol. The molecule has 8 heteroatoms. The van der Waals surface area contributed by atoms with Gasteiger partial charge in [-0.3, -0.25) is 9.59 Å². The molecule has 3 heterocycles. The summed E-state index contributed by atoms with van der Waals surface area (Å²) in [5.41, 5.74) is 3.42. The number of methoxy groups -OCH3 is 1. The number of amides is 2. The van der Waals surface area contributed by atoms with Crippen molar-refractivity contribution in [3.05, 3.63) is 83.4 Å². The van der Waals surface area contributed by atoms with E-state index in [1.165, 1.54) is 0 Å². The lowest BCUT2D eigenvalue weighted by Gasteiger charge is -2.31. The summed E-state index contributed by atoms with van der Waals surface area (Å²) < 4.78 is 13.2. The second-order valence-corrected chi connectivity index (χ2v) is 9.03. The van der Waals surface area contributed by atoms with Crippen LogP contribution in [0.1, 0.15) is 46.3 Å². The summed E-state index contributed by atoms with van der Waals surface area (Å²) in [6.45, 7) is 2.55. The summed E-state index contributed by atoms with van der Waals surface area (Å²) >= 11 is 0. The SMILES string of the molecule is COc1ccc(CNC(=O)C2CCN(C(=O)c3ncn4c3CO[C@H](c3ccccc3)C4)CC2)cc1. The molecule has 0 unspecified atom stereocenters. The van der Waals surface area contributed by atoms with Crippen molar-refractivity contribution in [2.75, 3.05) is 20.2 Å². The predicted octanol–water partition coefficient (Wildman–Crippen LogP) is 3.33. The average Bonchev–Trinajstić information content (AvgIpc) is 3.35. The van der Waals surface area contributed by atoms with Crippen LogP contribution in [-0.2, 0) is 29.2 Å². The minimum atomic E-state index is -0.0943. The van der Waals surface area contributed by atoms with Gasteiger partial charge in [0.05, 0.1) is 32.3 Å². The number of hydrogen-bond donors (Lipinski definition) is 1. The fraction of sp³-hybridized carbons (Fsp3) is 0.370. The molecule has 0 aliphatic carbocycles. The van der Waals surface area contributed by atoms with Crippen LogP contribution in [-0.4, -0.2) is 46.5 Å². The van der Waals surface area contributed by atoms with Gasteiger partial charge >= 0.3 is 0 Å². The van der Waals surface area contributed by atoms with Gasteiger partial charge < -0.3 is 24.3 Å². The first-order valence-electron chi connectivity index (χ1n) is 12.0. The number of nitrogens with zero attached hydrogens (tertiary/aromatic N) is 3. The maximum atomic E-state index is 13.2. The largest absolute Gasteiger partial charge is 0.497 e. The molecular formula is C27H30N4O4. The third-order valence-electron chi connectivity index (χ3n) is 6.88. The summed E-state index contributed by atoms with van der Waals surface area (Å²) in [7, 11) is 1.63. The van der Waals surface area contributed by atoms with E-state index in [1.54, 1.807) is 18.3 Å². The molecule has 8 nitrogen and oxygen atoms in total. The van der Waals surface area contributed by atoms with Crippen LogP contribution >= 0.6 is 0 Å². The highest BCUT2D eigenvalue weighted by atomic mass is 16.5. The fourth-order valence-electron chi connectivity index (χ4n) is 4.75. The van der Waals surface area contributed by atoms with Gasteiger partial charge in [-0.1, -0.05) is 42.5 Å². The van der Waals surface area contributed by atoms with E-state index in [1.807, 2.05) is 47.0 Å². The van der Waals surface area contributed by atoms with Crippen molar-refractivity contribution in [3.63, 3.8) is 0 Å². The van der Waals surface area contributed by atoms with Crippen LogP contribution in [0.15, 0.2) is 60.9 Å². The highest BCUT2D eigenvalue weighted by Crippen LogP contribution is 2.29. The summed E-state index contributed by atoms with van der Waals surface area (Å²) in [6, 6.07) is 17.7. The number of piperidine rings is 1. The van der Waals surface area contributed by atoms with E-state index in [0.29, 0.717) is 51.3 Å². The summed E-state index contributed by atoms with van der Waals surface area (Å²) in [4.78, 5) is 32.1. The Morgan fingerprint density at radius 3 is 2.54 bits per heavy atom. The molecule has 2 aromatic carbocycles. The van der Waals surface area contributed by atoms with Gasteiger partial charge in [-0.25, -0.2) is 4.98 Å². The number of carbonyl (C=O) groups excluding carboxylic acids is 2. The fourth-order valence-corrected chi connectivity index (χ4v) is 4.75. The van der Waals surface area contributed by atoms with Crippen LogP contribution in [0.3, 0.4) is 0 Å². The Morgan fingerprint density at radius 2 is 1.83 bits per heavy atom. The first kappa shape index (κ1) is 23.1. The lowest BCUT2D eigenvalue weighted by Crippen LogP contribution is -2.43. The summed E-state index contributed by atoms with van der Waals surface area (Å²) in [6.07, 6.45) is 2.97. The molecule has 1 N–H and O–H groups in total. The van der Waals surface area contributed by atoms with E-state index < -0.39 is 0 Å². The molecule has 1 aromatic heterocycles. The maximum absolute atomic E-state index is 13.2. The minimum Gasteiger partial charge on any atom is -0.497 e. The number of nitrogens with one attached hydrogen (secondary N) is 1. The zero-order chi connectivity index (χ0) is 24.2. The molecule has 1 saturated heterocycles. The normalized spacial score (nSPS) is 18.1. The van der Waals surface area contributed by atoms with E-state index >= 15 is 0 Å². The number of imidazole rings is 1. The summed E-state index contributed by atoms with van der Waals surface area (Å²) in [5.74, 6) is 0.645. The van der Waals surface area contributed by atoms with Crippen molar-refractivity contribution in [3.8, 4) is 5.75 Å². The molecule has 0 radical (unpaired) electrons. The molecule has 0 bridgehead atoms. The van der Waals surface area contributed by atoms with Gasteiger partial charge in [-0.2, -0.15) is 0 Å². The number of rotatable bonds is 6. The number of carbonyl (C=O) groups is 2. The highest BCUT2D eigenvalue weighted by molar-refractivity contribution is 5.93. The van der Waals surface area contributed by atoms with Gasteiger partial charge in [0.15, 0.2) is 5.69 Å². The van der Waals surface area contributed by atoms with Crippen LogP contribution in [0.25, 0.3) is 0 Å². The molecule has 5 rings (SSSR count). The van der Waals surface area contributed by atoms with Crippen LogP contribution in [0, 0.1) is 5.92 Å². The van der Waals surface area contributed by atoms with Crippen molar-refractivity contribution in [1.82, 2.24) is 19.8 Å². The van der Waals surface area contributed by atoms with Gasteiger partial charge in [-0.05, 0) is 36.1 Å². The first-order chi connectivity index (χ1) is 17.1. The molecule has 2 aliphatic rings. The van der Waals surface area contributed by atoms with Crippen molar-refractivity contribution in [2.45, 2.75) is 38.6 Å². The van der Waals surface area contributed by atoms with Crippen LogP contribution < -0.4 is 10.1 Å². The van der Waals surface area contributed by atoms with Gasteiger partial charge in [0.1, 0.15) is 11.9 Å². The van der Waals surface area contributed by atoms with E-state index in [4.69, 9.17) is 9.47 Å². The van der Waals surface area contributed by atoms with Crippen LogP contribution in [0.2, 0.25) is 0 Å². The zero-order valence-corrected chi connectivity index (χ0v) is 19.9. The van der Waals surface area contributed by atoms with E-state index in [9.17, 15) is 9.59 Å². The minimum absolute atomic E-state index is 0.0349. The van der Waals surface area contributed by atoms with Crippen molar-refractivity contribution in [2.24, 2.45) is 5.92 Å². The van der Waals surface area contributed by atoms with Crippen molar-refractivity contribution in [1.29, 1.82) is 0 Å². The number of likely N-dealkylation sites (tertiary alicyclic amines) is 1. The maximum Gasteiger partial charge on any atom is 0.274 e. The molecule has 35 heavy (non-hydrogen) atoms. The van der Waals surface area contributed by atoms with Gasteiger partial charge in [0, 0.05) is 25.6 Å². The lowest BCUT2D eigenvalue weighted by molar-refractivity contribution is -0.126. The van der Waals surface area contributed by atoms with Crippen LogP contribution in [0.4, 0.5) is 0 Å². The zero-order valence-electron chi connectivity index (χ0n) is 19.9. The van der Waals surface area contributed by atoms with E-state index in [0.717, 1.165) is 22.6 Å². The first-order valence-corrected chi connectivity index (χ1v) is 12.0. The number of hydrogen-bond acceptors (Lipinski definition) is 5. The Hall–Kier alpha value is -3.65. The number of ether oxygens (including phenoxy) is 2. The lowest BCUT2D eigenvalue weighted by atomic mass is 9.95. The Balaban J connectivity index is 1.13. The van der Waals surface area contributed by atoms with Crippen LogP contribution in [0.5, 0.6) is 5.75 Å². The number of benzene rings is 2. The second kappa shape index (κ2) is 10.3. The Bertz CT molecular complexity index is 1170. The summed E-state index contributed by atoms with van der Waals surface area (Å²) in [5, 5.41) is 3.02. The second-order valence-electron chi connectivity index (χ2n) is 9.03. The Kier molecular flexibility index (Phi) is 6.81. The number of fused-ring (bicyclic) bond motifs is 1. The molecule has 2 amide bonds. The molecule has 3 aromatic rings.